The number of carbonyl (C=O) groups excluding carboxylic acids is 3. The summed E-state index contributed by atoms with van der Waals surface area (Å²) in [5, 5.41) is 0. The van der Waals surface area contributed by atoms with E-state index >= 15 is 0 Å². The Hall–Kier alpha value is -2.67. The van der Waals surface area contributed by atoms with E-state index in [-0.39, 0.29) is 42.9 Å². The van der Waals surface area contributed by atoms with Gasteiger partial charge in [0, 0.05) is 28.7 Å². The number of hydrogen-bond donors (Lipinski definition) is 0. The normalized spacial score (nSPS) is 42.3. The number of carbonyl (C=O) groups is 3. The summed E-state index contributed by atoms with van der Waals surface area (Å²) >= 11 is 0. The predicted molar refractivity (Wildman–Crippen MR) is 117 cm³/mol. The second-order valence-electron chi connectivity index (χ2n) is 10.4. The van der Waals surface area contributed by atoms with Crippen LogP contribution in [-0.4, -0.2) is 36.5 Å². The van der Waals surface area contributed by atoms with Crippen molar-refractivity contribution in [2.24, 2.45) is 22.7 Å². The molecule has 0 radical (unpaired) electrons. The summed E-state index contributed by atoms with van der Waals surface area (Å²) in [6.07, 6.45) is 3.93. The Labute approximate surface area is 193 Å². The second-order valence-corrected chi connectivity index (χ2v) is 10.4. The Morgan fingerprint density at radius 3 is 2.70 bits per heavy atom. The molecule has 33 heavy (non-hydrogen) atoms. The fourth-order valence-electron chi connectivity index (χ4n) is 7.22. The maximum Gasteiger partial charge on any atom is 0.309 e. The lowest BCUT2D eigenvalue weighted by Gasteiger charge is -2.68. The third-order valence-corrected chi connectivity index (χ3v) is 9.17. The molecule has 1 spiro atoms. The first-order chi connectivity index (χ1) is 15.6. The van der Waals surface area contributed by atoms with Gasteiger partial charge >= 0.3 is 11.9 Å². The summed E-state index contributed by atoms with van der Waals surface area (Å²) in [5.74, 6) is -1.31. The van der Waals surface area contributed by atoms with E-state index in [0.717, 1.165) is 24.0 Å². The number of ether oxygens (including phenoxy) is 3. The lowest BCUT2D eigenvalue weighted by molar-refractivity contribution is -0.289. The number of furan rings is 1. The highest BCUT2D eigenvalue weighted by molar-refractivity contribution is 5.97. The van der Waals surface area contributed by atoms with Crippen molar-refractivity contribution in [2.75, 3.05) is 7.11 Å². The molecule has 3 unspecified atom stereocenters. The molecular formula is C26H30O7. The SMILES string of the molecule is C=C1C(=O)CC2O[C@]34CC(=O)O[C@@H](c5ccoc5)[C@]3(C)CCC(C4=C)[C@]2(C)C1CC(=O)OC. The minimum Gasteiger partial charge on any atom is -0.472 e. The summed E-state index contributed by atoms with van der Waals surface area (Å²) in [7, 11) is 1.34. The third-order valence-electron chi connectivity index (χ3n) is 9.17. The van der Waals surface area contributed by atoms with Gasteiger partial charge in [-0.3, -0.25) is 14.4 Å². The molecule has 1 aromatic rings. The van der Waals surface area contributed by atoms with Crippen LogP contribution in [0.25, 0.3) is 0 Å². The maximum atomic E-state index is 13.0. The van der Waals surface area contributed by atoms with E-state index in [0.29, 0.717) is 5.57 Å². The largest absolute Gasteiger partial charge is 0.472 e. The third kappa shape index (κ3) is 2.75. The summed E-state index contributed by atoms with van der Waals surface area (Å²) in [4.78, 5) is 38.2. The topological polar surface area (TPSA) is 92.0 Å². The zero-order valence-corrected chi connectivity index (χ0v) is 19.3. The molecule has 4 fully saturated rings. The van der Waals surface area contributed by atoms with Gasteiger partial charge in [0.15, 0.2) is 5.78 Å². The quantitative estimate of drug-likeness (QED) is 0.386. The van der Waals surface area contributed by atoms with E-state index in [1.807, 2.05) is 6.07 Å². The van der Waals surface area contributed by atoms with Crippen LogP contribution < -0.4 is 0 Å². The van der Waals surface area contributed by atoms with Crippen LogP contribution in [0.4, 0.5) is 0 Å². The standard InChI is InChI=1S/C26H30O7/c1-14-18(10-21(28)30-5)25(4)17-6-8-24(3)23(16-7-9-31-13-16)32-22(29)12-26(24,15(17)2)33-20(25)11-19(14)27/h7,9,13,17-18,20,23H,1-2,6,8,10-12H2,3-5H3/t17?,18?,20?,23-,24-,25+,26-/m0/s1. The zero-order valence-electron chi connectivity index (χ0n) is 19.3. The monoisotopic (exact) mass is 454 g/mol. The summed E-state index contributed by atoms with van der Waals surface area (Å²) < 4.78 is 23.0. The molecule has 7 heteroatoms. The van der Waals surface area contributed by atoms with Crippen molar-refractivity contribution in [3.63, 3.8) is 0 Å². The molecule has 2 bridgehead atoms. The fraction of sp³-hybridized carbons (Fsp3) is 0.577. The van der Waals surface area contributed by atoms with Crippen molar-refractivity contribution in [3.05, 3.63) is 48.5 Å². The molecule has 2 saturated heterocycles. The molecule has 2 aliphatic heterocycles. The number of esters is 2. The van der Waals surface area contributed by atoms with Gasteiger partial charge in [0.1, 0.15) is 11.7 Å². The van der Waals surface area contributed by atoms with Gasteiger partial charge in [-0.25, -0.2) is 0 Å². The van der Waals surface area contributed by atoms with Crippen molar-refractivity contribution in [2.45, 2.75) is 63.8 Å². The van der Waals surface area contributed by atoms with Crippen molar-refractivity contribution in [3.8, 4) is 0 Å². The first kappa shape index (κ1) is 22.1. The number of fused-ring (bicyclic) bond motifs is 3. The molecule has 0 amide bonds. The van der Waals surface area contributed by atoms with E-state index in [1.54, 1.807) is 12.5 Å². The molecule has 3 heterocycles. The number of rotatable bonds is 3. The van der Waals surface area contributed by atoms with E-state index in [1.165, 1.54) is 7.11 Å². The average molecular weight is 455 g/mol. The highest BCUT2D eigenvalue weighted by atomic mass is 16.6. The van der Waals surface area contributed by atoms with Crippen LogP contribution in [0.2, 0.25) is 0 Å². The number of methoxy groups -OCH3 is 1. The lowest BCUT2D eigenvalue weighted by Crippen LogP contribution is -2.71. The van der Waals surface area contributed by atoms with Gasteiger partial charge < -0.3 is 18.6 Å². The molecule has 5 rings (SSSR count). The molecular weight excluding hydrogens is 424 g/mol. The Bertz CT molecular complexity index is 1050. The molecule has 4 aliphatic rings. The van der Waals surface area contributed by atoms with Gasteiger partial charge in [-0.15, -0.1) is 0 Å². The summed E-state index contributed by atoms with van der Waals surface area (Å²) in [5.41, 5.74) is -0.0302. The lowest BCUT2D eigenvalue weighted by atomic mass is 9.44. The van der Waals surface area contributed by atoms with Crippen LogP contribution >= 0.6 is 0 Å². The Morgan fingerprint density at radius 2 is 2.03 bits per heavy atom. The van der Waals surface area contributed by atoms with Gasteiger partial charge in [0.2, 0.25) is 0 Å². The van der Waals surface area contributed by atoms with Crippen LogP contribution in [0.5, 0.6) is 0 Å². The minimum atomic E-state index is -0.966. The first-order valence-electron chi connectivity index (χ1n) is 11.5. The number of ketones is 1. The van der Waals surface area contributed by atoms with Crippen LogP contribution in [0.1, 0.15) is 57.6 Å². The van der Waals surface area contributed by atoms with Gasteiger partial charge in [-0.05, 0) is 36.0 Å². The molecule has 0 aromatic carbocycles. The van der Waals surface area contributed by atoms with Crippen molar-refractivity contribution < 1.29 is 33.0 Å². The number of hydrogen-bond acceptors (Lipinski definition) is 7. The van der Waals surface area contributed by atoms with Crippen LogP contribution in [-0.2, 0) is 28.6 Å². The maximum absolute atomic E-state index is 13.0. The molecule has 176 valence electrons. The smallest absolute Gasteiger partial charge is 0.309 e. The number of cyclic esters (lactones) is 1. The summed E-state index contributed by atoms with van der Waals surface area (Å²) in [6, 6.07) is 1.81. The average Bonchev–Trinajstić information content (AvgIpc) is 3.30. The van der Waals surface area contributed by atoms with Gasteiger partial charge in [-0.1, -0.05) is 27.0 Å². The Kier molecular flexibility index (Phi) is 4.80. The van der Waals surface area contributed by atoms with E-state index in [9.17, 15) is 14.4 Å². The summed E-state index contributed by atoms with van der Waals surface area (Å²) in [6.45, 7) is 12.7. The van der Waals surface area contributed by atoms with Crippen LogP contribution in [0.3, 0.4) is 0 Å². The van der Waals surface area contributed by atoms with E-state index in [2.05, 4.69) is 27.0 Å². The van der Waals surface area contributed by atoms with Crippen molar-refractivity contribution >= 4 is 17.7 Å². The minimum absolute atomic E-state index is 0.0419. The van der Waals surface area contributed by atoms with Crippen LogP contribution in [0, 0.1) is 22.7 Å². The molecule has 2 saturated carbocycles. The molecule has 7 nitrogen and oxygen atoms in total. The van der Waals surface area contributed by atoms with Gasteiger partial charge in [0.05, 0.1) is 38.6 Å². The predicted octanol–water partition coefficient (Wildman–Crippen LogP) is 4.09. The van der Waals surface area contributed by atoms with E-state index in [4.69, 9.17) is 18.6 Å². The van der Waals surface area contributed by atoms with E-state index < -0.39 is 34.6 Å². The van der Waals surface area contributed by atoms with Crippen LogP contribution in [0.15, 0.2) is 47.3 Å². The molecule has 2 aliphatic carbocycles. The zero-order chi connectivity index (χ0) is 23.8. The molecule has 1 aromatic heterocycles. The first-order valence-corrected chi connectivity index (χ1v) is 11.5. The van der Waals surface area contributed by atoms with Gasteiger partial charge in [-0.2, -0.15) is 0 Å². The second kappa shape index (κ2) is 7.16. The highest BCUT2D eigenvalue weighted by Gasteiger charge is 2.72. The Morgan fingerprint density at radius 1 is 1.27 bits per heavy atom. The van der Waals surface area contributed by atoms with Gasteiger partial charge in [0.25, 0.3) is 0 Å². The van der Waals surface area contributed by atoms with Crippen molar-refractivity contribution in [1.82, 2.24) is 0 Å². The molecule has 7 atom stereocenters. The Balaban J connectivity index is 1.62. The fourth-order valence-corrected chi connectivity index (χ4v) is 7.22. The van der Waals surface area contributed by atoms with Crippen molar-refractivity contribution in [1.29, 1.82) is 0 Å². The number of allylic oxidation sites excluding steroid dienone is 1. The highest BCUT2D eigenvalue weighted by Crippen LogP contribution is 2.70. The molecule has 0 N–H and O–H groups in total. The number of Topliss-reactive ketones (excluding diaryl/α,β-unsaturated/α-hetero) is 1.